The molecule has 0 radical (unpaired) electrons. The fourth-order valence-corrected chi connectivity index (χ4v) is 5.87. The number of carbonyl (C=O) groups excluding carboxylic acids is 1. The summed E-state index contributed by atoms with van der Waals surface area (Å²) < 4.78 is 27.0. The summed E-state index contributed by atoms with van der Waals surface area (Å²) in [5.41, 5.74) is 0.603. The average Bonchev–Trinajstić information content (AvgIpc) is 3.31. The number of nitrogens with one attached hydrogen (secondary N) is 3. The second kappa shape index (κ2) is 8.73. The largest absolute Gasteiger partial charge is 0.321 e. The number of carbonyl (C=O) groups is 1. The molecule has 3 atom stereocenters. The molecule has 1 aromatic carbocycles. The van der Waals surface area contributed by atoms with Crippen LogP contribution in [0.5, 0.6) is 0 Å². The Bertz CT molecular complexity index is 893. The number of anilines is 1. The Balaban J connectivity index is 1.66. The monoisotopic (exact) mass is 422 g/mol. The fraction of sp³-hybridized carbons (Fsp3) is 0.450. The molecule has 8 heteroatoms. The van der Waals surface area contributed by atoms with E-state index in [0.29, 0.717) is 11.7 Å². The number of thiophene rings is 1. The average molecular weight is 423 g/mol. The molecule has 1 amide bonds. The van der Waals surface area contributed by atoms with Gasteiger partial charge in [0, 0.05) is 24.6 Å². The normalized spacial score (nSPS) is 21.0. The number of amides is 1. The van der Waals surface area contributed by atoms with E-state index in [-0.39, 0.29) is 22.9 Å². The van der Waals surface area contributed by atoms with Gasteiger partial charge >= 0.3 is 0 Å². The number of rotatable bonds is 7. The summed E-state index contributed by atoms with van der Waals surface area (Å²) in [5.74, 6) is -0.0469. The van der Waals surface area contributed by atoms with Crippen LogP contribution in [0.2, 0.25) is 0 Å². The Morgan fingerprint density at radius 3 is 2.50 bits per heavy atom. The summed E-state index contributed by atoms with van der Waals surface area (Å²) in [6.45, 7) is 6.49. The molecule has 1 aliphatic rings. The van der Waals surface area contributed by atoms with Crippen molar-refractivity contribution in [3.05, 3.63) is 46.7 Å². The molecule has 0 spiro atoms. The quantitative estimate of drug-likeness (QED) is 0.640. The lowest BCUT2D eigenvalue weighted by molar-refractivity contribution is -0.931. The van der Waals surface area contributed by atoms with Gasteiger partial charge in [-0.2, -0.15) is 0 Å². The van der Waals surface area contributed by atoms with Crippen LogP contribution in [0.1, 0.15) is 44.5 Å². The van der Waals surface area contributed by atoms with Crippen LogP contribution in [0.3, 0.4) is 0 Å². The lowest BCUT2D eigenvalue weighted by Gasteiger charge is -2.26. The van der Waals surface area contributed by atoms with Crippen LogP contribution in [0.4, 0.5) is 5.69 Å². The van der Waals surface area contributed by atoms with Gasteiger partial charge in [0.05, 0.1) is 16.3 Å². The second-order valence-electron chi connectivity index (χ2n) is 7.55. The van der Waals surface area contributed by atoms with Crippen molar-refractivity contribution >= 4 is 33.0 Å². The van der Waals surface area contributed by atoms with Gasteiger partial charge in [0.1, 0.15) is 6.04 Å². The number of hydrogen-bond acceptors (Lipinski definition) is 4. The number of quaternary nitrogens is 1. The molecule has 3 rings (SSSR count). The van der Waals surface area contributed by atoms with E-state index in [1.807, 2.05) is 6.92 Å². The van der Waals surface area contributed by atoms with E-state index in [1.54, 1.807) is 37.3 Å². The van der Waals surface area contributed by atoms with Crippen LogP contribution in [0, 0.1) is 0 Å². The molecule has 0 saturated carbocycles. The third-order valence-corrected chi connectivity index (χ3v) is 7.73. The van der Waals surface area contributed by atoms with Gasteiger partial charge in [0.25, 0.3) is 5.91 Å². The van der Waals surface area contributed by atoms with Crippen molar-refractivity contribution in [3.8, 4) is 0 Å². The van der Waals surface area contributed by atoms with Crippen LogP contribution in [-0.4, -0.2) is 33.0 Å². The molecular formula is C20H28N3O3S2+. The molecule has 152 valence electrons. The zero-order valence-corrected chi connectivity index (χ0v) is 18.1. The highest BCUT2D eigenvalue weighted by molar-refractivity contribution is 7.89. The summed E-state index contributed by atoms with van der Waals surface area (Å²) in [6, 6.07) is 10.5. The Hall–Kier alpha value is -1.74. The third kappa shape index (κ3) is 4.81. The van der Waals surface area contributed by atoms with E-state index >= 15 is 0 Å². The summed E-state index contributed by atoms with van der Waals surface area (Å²) in [5, 5.41) is 5.02. The van der Waals surface area contributed by atoms with Crippen molar-refractivity contribution in [2.24, 2.45) is 0 Å². The van der Waals surface area contributed by atoms with Gasteiger partial charge in [0.15, 0.2) is 6.04 Å². The van der Waals surface area contributed by atoms with Crippen molar-refractivity contribution in [1.82, 2.24) is 4.72 Å². The van der Waals surface area contributed by atoms with E-state index < -0.39 is 10.0 Å². The topological polar surface area (TPSA) is 79.7 Å². The zero-order chi connectivity index (χ0) is 20.3. The van der Waals surface area contributed by atoms with Crippen LogP contribution in [-0.2, 0) is 14.8 Å². The predicted molar refractivity (Wildman–Crippen MR) is 112 cm³/mol. The SMILES string of the molecule is CC(C)NS(=O)(=O)c1ccc(NC(=O)[C@H](C)[NH+]2CCC[C@@H]2c2cccs2)cc1. The molecule has 1 saturated heterocycles. The molecule has 6 nitrogen and oxygen atoms in total. The number of hydrogen-bond donors (Lipinski definition) is 3. The van der Waals surface area contributed by atoms with Crippen LogP contribution >= 0.6 is 11.3 Å². The van der Waals surface area contributed by atoms with Crippen molar-refractivity contribution in [2.45, 2.75) is 56.6 Å². The van der Waals surface area contributed by atoms with Gasteiger partial charge in [0.2, 0.25) is 10.0 Å². The molecule has 2 aromatic rings. The second-order valence-corrected chi connectivity index (χ2v) is 10.2. The molecule has 2 heterocycles. The van der Waals surface area contributed by atoms with Gasteiger partial charge in [-0.25, -0.2) is 13.1 Å². The Kier molecular flexibility index (Phi) is 6.54. The maximum atomic E-state index is 12.8. The first-order chi connectivity index (χ1) is 13.3. The molecule has 0 aliphatic carbocycles. The van der Waals surface area contributed by atoms with E-state index in [9.17, 15) is 13.2 Å². The third-order valence-electron chi connectivity index (χ3n) is 5.06. The summed E-state index contributed by atoms with van der Waals surface area (Å²) >= 11 is 1.75. The maximum Gasteiger partial charge on any atom is 0.282 e. The van der Waals surface area contributed by atoms with Crippen LogP contribution in [0.25, 0.3) is 0 Å². The molecule has 1 aromatic heterocycles. The number of likely N-dealkylation sites (tertiary alicyclic amines) is 1. The molecule has 28 heavy (non-hydrogen) atoms. The minimum absolute atomic E-state index is 0.0469. The minimum atomic E-state index is -3.53. The van der Waals surface area contributed by atoms with Crippen LogP contribution in [0.15, 0.2) is 46.7 Å². The van der Waals surface area contributed by atoms with E-state index in [0.717, 1.165) is 19.4 Å². The highest BCUT2D eigenvalue weighted by Gasteiger charge is 2.37. The van der Waals surface area contributed by atoms with Gasteiger partial charge in [-0.1, -0.05) is 6.07 Å². The van der Waals surface area contributed by atoms with Crippen LogP contribution < -0.4 is 14.9 Å². The maximum absolute atomic E-state index is 12.8. The highest BCUT2D eigenvalue weighted by Crippen LogP contribution is 2.24. The molecule has 0 bridgehead atoms. The molecule has 1 aliphatic heterocycles. The Labute approximate surface area is 171 Å². The number of benzene rings is 1. The van der Waals surface area contributed by atoms with Gasteiger partial charge < -0.3 is 10.2 Å². The minimum Gasteiger partial charge on any atom is -0.321 e. The van der Waals surface area contributed by atoms with Gasteiger partial charge in [-0.05, 0) is 56.5 Å². The van der Waals surface area contributed by atoms with E-state index in [1.165, 1.54) is 21.9 Å². The van der Waals surface area contributed by atoms with Crippen molar-refractivity contribution in [3.63, 3.8) is 0 Å². The number of sulfonamides is 1. The van der Waals surface area contributed by atoms with Crippen molar-refractivity contribution in [2.75, 3.05) is 11.9 Å². The van der Waals surface area contributed by atoms with Gasteiger partial charge in [-0.15, -0.1) is 11.3 Å². The fourth-order valence-electron chi connectivity index (χ4n) is 3.72. The molecular weight excluding hydrogens is 394 g/mol. The van der Waals surface area contributed by atoms with Gasteiger partial charge in [-0.3, -0.25) is 4.79 Å². The summed E-state index contributed by atoms with van der Waals surface area (Å²) in [4.78, 5) is 15.6. The lowest BCUT2D eigenvalue weighted by Crippen LogP contribution is -3.15. The van der Waals surface area contributed by atoms with Crippen molar-refractivity contribution in [1.29, 1.82) is 0 Å². The van der Waals surface area contributed by atoms with Crippen molar-refractivity contribution < 1.29 is 18.1 Å². The Morgan fingerprint density at radius 1 is 1.18 bits per heavy atom. The first-order valence-corrected chi connectivity index (χ1v) is 12.0. The smallest absolute Gasteiger partial charge is 0.282 e. The lowest BCUT2D eigenvalue weighted by atomic mass is 10.1. The Morgan fingerprint density at radius 2 is 1.89 bits per heavy atom. The zero-order valence-electron chi connectivity index (χ0n) is 16.4. The predicted octanol–water partition coefficient (Wildman–Crippen LogP) is 2.18. The molecule has 1 unspecified atom stereocenters. The molecule has 3 N–H and O–H groups in total. The summed E-state index contributed by atoms with van der Waals surface area (Å²) in [6.07, 6.45) is 2.22. The van der Waals surface area contributed by atoms with E-state index in [4.69, 9.17) is 0 Å². The highest BCUT2D eigenvalue weighted by atomic mass is 32.2. The standard InChI is InChI=1S/C20H27N3O3S2/c1-14(2)22-28(25,26)17-10-8-16(9-11-17)21-20(24)15(3)23-12-4-6-18(23)19-7-5-13-27-19/h5,7-11,13-15,18,22H,4,6,12H2,1-3H3,(H,21,24)/p+1/t15-,18+/m0/s1. The first kappa shape index (κ1) is 21.0. The first-order valence-electron chi connectivity index (χ1n) is 9.60. The summed E-state index contributed by atoms with van der Waals surface area (Å²) in [7, 11) is -3.53. The van der Waals surface area contributed by atoms with E-state index in [2.05, 4.69) is 27.6 Å². The molecule has 1 fully saturated rings.